The number of nitrogens with one attached hydrogen (secondary N) is 1. The van der Waals surface area contributed by atoms with Crippen LogP contribution in [0.4, 0.5) is 0 Å². The number of benzene rings is 1. The van der Waals surface area contributed by atoms with Crippen molar-refractivity contribution in [2.24, 2.45) is 5.92 Å². The van der Waals surface area contributed by atoms with Crippen LogP contribution in [-0.4, -0.2) is 36.5 Å². The number of hydrogen-bond donors (Lipinski definition) is 1. The Bertz CT molecular complexity index is 587. The standard InChI is InChI=1S/C20H28N2O.ClH/c23-20(22-13-3-5-16-4-1-2-6-19(16)22)18-8-7-15-9-11-21-12-10-17(15)14-18;/h7-8,14,16,19,21H,1-6,9-13H2;1H. The average Bonchev–Trinajstić information content (AvgIpc) is 2.85. The number of rotatable bonds is 1. The Hall–Kier alpha value is -1.06. The van der Waals surface area contributed by atoms with Gasteiger partial charge in [0.25, 0.3) is 5.91 Å². The predicted octanol–water partition coefficient (Wildman–Crippen LogP) is 3.59. The van der Waals surface area contributed by atoms with E-state index in [1.54, 1.807) is 0 Å². The van der Waals surface area contributed by atoms with Gasteiger partial charge in [0, 0.05) is 18.2 Å². The number of carbonyl (C=O) groups excluding carboxylic acids is 1. The Balaban J connectivity index is 0.00000169. The first-order chi connectivity index (χ1) is 11.3. The molecule has 1 amide bonds. The van der Waals surface area contributed by atoms with Crippen LogP contribution in [0.25, 0.3) is 0 Å². The average molecular weight is 349 g/mol. The van der Waals surface area contributed by atoms with E-state index >= 15 is 0 Å². The molecular formula is C20H29ClN2O. The fourth-order valence-corrected chi connectivity index (χ4v) is 4.85. The number of hydrogen-bond acceptors (Lipinski definition) is 2. The highest BCUT2D eigenvalue weighted by Gasteiger charge is 2.36. The van der Waals surface area contributed by atoms with Crippen LogP contribution in [0, 0.1) is 5.92 Å². The van der Waals surface area contributed by atoms with Gasteiger partial charge in [0.2, 0.25) is 0 Å². The Morgan fingerprint density at radius 1 is 1.00 bits per heavy atom. The molecule has 0 bridgehead atoms. The number of amides is 1. The first-order valence-corrected chi connectivity index (χ1v) is 9.46. The second kappa shape index (κ2) is 7.88. The van der Waals surface area contributed by atoms with Crippen LogP contribution in [0.2, 0.25) is 0 Å². The van der Waals surface area contributed by atoms with Gasteiger partial charge in [-0.05, 0) is 80.8 Å². The minimum atomic E-state index is 0. The van der Waals surface area contributed by atoms with Crippen molar-refractivity contribution >= 4 is 18.3 Å². The Labute approximate surface area is 151 Å². The highest BCUT2D eigenvalue weighted by molar-refractivity contribution is 5.94. The van der Waals surface area contributed by atoms with Gasteiger partial charge in [-0.1, -0.05) is 18.9 Å². The van der Waals surface area contributed by atoms with Crippen LogP contribution in [0.5, 0.6) is 0 Å². The van der Waals surface area contributed by atoms with Gasteiger partial charge in [0.05, 0.1) is 0 Å². The molecule has 1 aliphatic carbocycles. The molecular weight excluding hydrogens is 320 g/mol. The summed E-state index contributed by atoms with van der Waals surface area (Å²) in [6, 6.07) is 6.94. The van der Waals surface area contributed by atoms with Gasteiger partial charge >= 0.3 is 0 Å². The van der Waals surface area contributed by atoms with Gasteiger partial charge in [-0.3, -0.25) is 4.79 Å². The van der Waals surface area contributed by atoms with Crippen LogP contribution < -0.4 is 5.32 Å². The van der Waals surface area contributed by atoms with Crippen molar-refractivity contribution in [3.63, 3.8) is 0 Å². The third-order valence-corrected chi connectivity index (χ3v) is 6.10. The fourth-order valence-electron chi connectivity index (χ4n) is 4.85. The van der Waals surface area contributed by atoms with Gasteiger partial charge in [0.1, 0.15) is 0 Å². The van der Waals surface area contributed by atoms with E-state index in [0.717, 1.165) is 44.0 Å². The zero-order valence-corrected chi connectivity index (χ0v) is 15.2. The smallest absolute Gasteiger partial charge is 0.254 e. The summed E-state index contributed by atoms with van der Waals surface area (Å²) >= 11 is 0. The molecule has 1 N–H and O–H groups in total. The molecule has 0 spiro atoms. The van der Waals surface area contributed by atoms with E-state index in [9.17, 15) is 4.79 Å². The van der Waals surface area contributed by atoms with Gasteiger partial charge in [-0.15, -0.1) is 12.4 Å². The summed E-state index contributed by atoms with van der Waals surface area (Å²) in [4.78, 5) is 15.3. The summed E-state index contributed by atoms with van der Waals surface area (Å²) in [6.07, 6.45) is 9.82. The number of likely N-dealkylation sites (tertiary alicyclic amines) is 1. The molecule has 132 valence electrons. The molecule has 24 heavy (non-hydrogen) atoms. The van der Waals surface area contributed by atoms with Crippen molar-refractivity contribution in [2.45, 2.75) is 57.4 Å². The largest absolute Gasteiger partial charge is 0.335 e. The zero-order chi connectivity index (χ0) is 15.6. The quantitative estimate of drug-likeness (QED) is 0.841. The highest BCUT2D eigenvalue weighted by atomic mass is 35.5. The minimum absolute atomic E-state index is 0. The van der Waals surface area contributed by atoms with Crippen LogP contribution >= 0.6 is 12.4 Å². The third-order valence-electron chi connectivity index (χ3n) is 6.10. The van der Waals surface area contributed by atoms with E-state index in [0.29, 0.717) is 6.04 Å². The number of carbonyl (C=O) groups is 1. The van der Waals surface area contributed by atoms with Crippen LogP contribution in [0.1, 0.15) is 60.0 Å². The van der Waals surface area contributed by atoms with E-state index in [1.165, 1.54) is 49.7 Å². The third kappa shape index (κ3) is 3.48. The number of piperidine rings is 1. The molecule has 3 aliphatic rings. The maximum atomic E-state index is 13.1. The van der Waals surface area contributed by atoms with E-state index in [1.807, 2.05) is 0 Å². The summed E-state index contributed by atoms with van der Waals surface area (Å²) in [5.74, 6) is 1.04. The Morgan fingerprint density at radius 2 is 1.75 bits per heavy atom. The van der Waals surface area contributed by atoms with Crippen molar-refractivity contribution in [3.8, 4) is 0 Å². The SMILES string of the molecule is Cl.O=C(c1ccc2c(c1)CCNCC2)N1CCCC2CCCCC21. The lowest BCUT2D eigenvalue weighted by molar-refractivity contribution is 0.0390. The lowest BCUT2D eigenvalue weighted by Crippen LogP contribution is -2.49. The summed E-state index contributed by atoms with van der Waals surface area (Å²) in [6.45, 7) is 3.04. The molecule has 0 radical (unpaired) electrons. The van der Waals surface area contributed by atoms with E-state index in [-0.39, 0.29) is 18.3 Å². The molecule has 1 aromatic carbocycles. The predicted molar refractivity (Wildman–Crippen MR) is 100.0 cm³/mol. The second-order valence-corrected chi connectivity index (χ2v) is 7.49. The molecule has 0 aromatic heterocycles. The molecule has 1 saturated carbocycles. The Morgan fingerprint density at radius 3 is 2.62 bits per heavy atom. The number of halogens is 1. The van der Waals surface area contributed by atoms with E-state index in [2.05, 4.69) is 28.4 Å². The van der Waals surface area contributed by atoms with Crippen LogP contribution in [-0.2, 0) is 12.8 Å². The molecule has 2 atom stereocenters. The molecule has 1 saturated heterocycles. The molecule has 3 nitrogen and oxygen atoms in total. The maximum Gasteiger partial charge on any atom is 0.254 e. The maximum absolute atomic E-state index is 13.1. The molecule has 1 aromatic rings. The normalized spacial score (nSPS) is 26.6. The van der Waals surface area contributed by atoms with Gasteiger partial charge in [-0.25, -0.2) is 0 Å². The number of nitrogens with zero attached hydrogens (tertiary/aromatic N) is 1. The molecule has 2 aliphatic heterocycles. The van der Waals surface area contributed by atoms with Crippen LogP contribution in [0.15, 0.2) is 18.2 Å². The molecule has 4 rings (SSSR count). The van der Waals surface area contributed by atoms with Crippen molar-refractivity contribution in [1.29, 1.82) is 0 Å². The van der Waals surface area contributed by atoms with Crippen molar-refractivity contribution < 1.29 is 4.79 Å². The molecule has 2 heterocycles. The van der Waals surface area contributed by atoms with Crippen molar-refractivity contribution in [3.05, 3.63) is 34.9 Å². The van der Waals surface area contributed by atoms with Gasteiger partial charge in [-0.2, -0.15) is 0 Å². The molecule has 2 fully saturated rings. The fraction of sp³-hybridized carbons (Fsp3) is 0.650. The zero-order valence-electron chi connectivity index (χ0n) is 14.4. The Kier molecular flexibility index (Phi) is 5.83. The number of fused-ring (bicyclic) bond motifs is 2. The van der Waals surface area contributed by atoms with Gasteiger partial charge in [0.15, 0.2) is 0 Å². The lowest BCUT2D eigenvalue weighted by Gasteiger charge is -2.44. The van der Waals surface area contributed by atoms with Crippen molar-refractivity contribution in [2.75, 3.05) is 19.6 Å². The van der Waals surface area contributed by atoms with E-state index in [4.69, 9.17) is 0 Å². The summed E-state index contributed by atoms with van der Waals surface area (Å²) < 4.78 is 0. The topological polar surface area (TPSA) is 32.3 Å². The second-order valence-electron chi connectivity index (χ2n) is 7.49. The van der Waals surface area contributed by atoms with E-state index < -0.39 is 0 Å². The lowest BCUT2D eigenvalue weighted by atomic mass is 9.78. The monoisotopic (exact) mass is 348 g/mol. The summed E-state index contributed by atoms with van der Waals surface area (Å²) in [5, 5.41) is 3.45. The minimum Gasteiger partial charge on any atom is -0.335 e. The first kappa shape index (κ1) is 17.8. The first-order valence-electron chi connectivity index (χ1n) is 9.46. The summed E-state index contributed by atoms with van der Waals surface area (Å²) in [7, 11) is 0. The molecule has 4 heteroatoms. The molecule has 2 unspecified atom stereocenters. The highest BCUT2D eigenvalue weighted by Crippen LogP contribution is 2.36. The van der Waals surface area contributed by atoms with Gasteiger partial charge < -0.3 is 10.2 Å². The summed E-state index contributed by atoms with van der Waals surface area (Å²) in [5.41, 5.74) is 3.70. The van der Waals surface area contributed by atoms with Crippen molar-refractivity contribution in [1.82, 2.24) is 10.2 Å². The van der Waals surface area contributed by atoms with Crippen LogP contribution in [0.3, 0.4) is 0 Å².